The molecule has 2 aromatic heterocycles. The minimum Gasteiger partial charge on any atom is -0.309 e. The van der Waals surface area contributed by atoms with Crippen molar-refractivity contribution in [3.8, 4) is 5.69 Å². The molecule has 27 heavy (non-hydrogen) atoms. The molecule has 128 valence electrons. The van der Waals surface area contributed by atoms with Gasteiger partial charge in [0.1, 0.15) is 0 Å². The van der Waals surface area contributed by atoms with Crippen molar-refractivity contribution >= 4 is 53.3 Å². The van der Waals surface area contributed by atoms with Crippen LogP contribution in [0.1, 0.15) is 5.56 Å². The van der Waals surface area contributed by atoms with E-state index in [1.54, 1.807) is 0 Å². The van der Waals surface area contributed by atoms with E-state index in [0.717, 1.165) is 0 Å². The van der Waals surface area contributed by atoms with Gasteiger partial charge in [-0.25, -0.2) is 0 Å². The molecule has 0 radical (unpaired) electrons. The van der Waals surface area contributed by atoms with Crippen molar-refractivity contribution < 1.29 is 0 Å². The number of para-hydroxylation sites is 2. The first-order valence-electron chi connectivity index (χ1n) is 9.22. The molecule has 0 unspecified atom stereocenters. The van der Waals surface area contributed by atoms with Crippen molar-refractivity contribution in [3.63, 3.8) is 0 Å². The van der Waals surface area contributed by atoms with E-state index in [1.807, 2.05) is 11.3 Å². The van der Waals surface area contributed by atoms with Crippen molar-refractivity contribution in [2.24, 2.45) is 0 Å². The molecule has 0 saturated carbocycles. The van der Waals surface area contributed by atoms with E-state index >= 15 is 0 Å². The first-order valence-corrected chi connectivity index (χ1v) is 10.0. The molecule has 2 heterocycles. The van der Waals surface area contributed by atoms with Crippen LogP contribution in [0.2, 0.25) is 0 Å². The molecule has 1 nitrogen and oxygen atoms in total. The summed E-state index contributed by atoms with van der Waals surface area (Å²) in [6.07, 6.45) is 0. The second kappa shape index (κ2) is 5.45. The van der Waals surface area contributed by atoms with Crippen LogP contribution in [0.5, 0.6) is 0 Å². The average molecular weight is 363 g/mol. The van der Waals surface area contributed by atoms with Gasteiger partial charge in [-0.1, -0.05) is 54.6 Å². The zero-order chi connectivity index (χ0) is 18.0. The van der Waals surface area contributed by atoms with Gasteiger partial charge < -0.3 is 4.57 Å². The monoisotopic (exact) mass is 363 g/mol. The van der Waals surface area contributed by atoms with E-state index in [4.69, 9.17) is 0 Å². The molecule has 0 aliphatic heterocycles. The summed E-state index contributed by atoms with van der Waals surface area (Å²) in [5.41, 5.74) is 5.10. The highest BCUT2D eigenvalue weighted by molar-refractivity contribution is 7.26. The maximum Gasteiger partial charge on any atom is 0.0541 e. The number of hydrogen-bond acceptors (Lipinski definition) is 1. The lowest BCUT2D eigenvalue weighted by atomic mass is 10.1. The van der Waals surface area contributed by atoms with Gasteiger partial charge in [0.05, 0.1) is 11.0 Å². The van der Waals surface area contributed by atoms with E-state index in [-0.39, 0.29) is 0 Å². The van der Waals surface area contributed by atoms with Crippen LogP contribution in [0, 0.1) is 6.92 Å². The maximum absolute atomic E-state index is 2.41. The smallest absolute Gasteiger partial charge is 0.0541 e. The van der Waals surface area contributed by atoms with E-state index < -0.39 is 0 Å². The van der Waals surface area contributed by atoms with Crippen LogP contribution in [0.4, 0.5) is 0 Å². The summed E-state index contributed by atoms with van der Waals surface area (Å²) < 4.78 is 5.15. The summed E-state index contributed by atoms with van der Waals surface area (Å²) in [4.78, 5) is 0. The Morgan fingerprint density at radius 2 is 1.22 bits per heavy atom. The molecule has 0 saturated heterocycles. The molecule has 0 fully saturated rings. The molecule has 4 aromatic carbocycles. The summed E-state index contributed by atoms with van der Waals surface area (Å²) in [6.45, 7) is 2.23. The Balaban J connectivity index is 1.79. The number of aromatic nitrogens is 1. The molecular formula is C25H17NS. The van der Waals surface area contributed by atoms with Crippen molar-refractivity contribution in [1.29, 1.82) is 0 Å². The topological polar surface area (TPSA) is 4.93 Å². The third-order valence-corrected chi connectivity index (χ3v) is 6.81. The number of thiophene rings is 1. The highest BCUT2D eigenvalue weighted by atomic mass is 32.1. The highest BCUT2D eigenvalue weighted by Crippen LogP contribution is 2.39. The van der Waals surface area contributed by atoms with Crippen molar-refractivity contribution in [2.45, 2.75) is 6.92 Å². The van der Waals surface area contributed by atoms with Crippen LogP contribution in [0.15, 0.2) is 84.9 Å². The third kappa shape index (κ3) is 2.05. The summed E-state index contributed by atoms with van der Waals surface area (Å²) in [5, 5.41) is 5.32. The van der Waals surface area contributed by atoms with Gasteiger partial charge in [0.2, 0.25) is 0 Å². The van der Waals surface area contributed by atoms with Gasteiger partial charge >= 0.3 is 0 Å². The standard InChI is InChI=1S/C25H17NS/c1-16-14-17(15-21-20-10-4-7-13-24(20)27-25(16)21)26-22-11-5-2-8-18(22)19-9-3-6-12-23(19)26/h2-15H,1H3. The summed E-state index contributed by atoms with van der Waals surface area (Å²) in [7, 11) is 0. The molecule has 0 amide bonds. The van der Waals surface area contributed by atoms with Crippen LogP contribution in [0.25, 0.3) is 47.7 Å². The SMILES string of the molecule is Cc1cc(-n2c3ccccc3c3ccccc32)cc2c1sc1ccccc12. The van der Waals surface area contributed by atoms with Gasteiger partial charge in [0, 0.05) is 36.6 Å². The predicted molar refractivity (Wildman–Crippen MR) is 118 cm³/mol. The molecule has 6 rings (SSSR count). The number of fused-ring (bicyclic) bond motifs is 6. The Morgan fingerprint density at radius 3 is 1.93 bits per heavy atom. The minimum atomic E-state index is 1.24. The first-order chi connectivity index (χ1) is 13.3. The molecule has 2 heteroatoms. The summed E-state index contributed by atoms with van der Waals surface area (Å²) in [6, 6.07) is 30.8. The van der Waals surface area contributed by atoms with Gasteiger partial charge in [-0.05, 0) is 42.8 Å². The Kier molecular flexibility index (Phi) is 3.03. The number of hydrogen-bond donors (Lipinski definition) is 0. The molecule has 6 aromatic rings. The maximum atomic E-state index is 2.41. The summed E-state index contributed by atoms with van der Waals surface area (Å²) >= 11 is 1.89. The second-order valence-corrected chi connectivity index (χ2v) is 8.16. The molecule has 0 aliphatic rings. The quantitative estimate of drug-likeness (QED) is 0.286. The minimum absolute atomic E-state index is 1.24. The lowest BCUT2D eigenvalue weighted by Gasteiger charge is -2.10. The van der Waals surface area contributed by atoms with Gasteiger partial charge in [-0.2, -0.15) is 0 Å². The Labute approximate surface area is 161 Å². The van der Waals surface area contributed by atoms with Crippen LogP contribution in [-0.4, -0.2) is 4.57 Å². The highest BCUT2D eigenvalue weighted by Gasteiger charge is 2.14. The largest absolute Gasteiger partial charge is 0.309 e. The Hall–Kier alpha value is -3.10. The Morgan fingerprint density at radius 1 is 0.630 bits per heavy atom. The van der Waals surface area contributed by atoms with Crippen LogP contribution < -0.4 is 0 Å². The lowest BCUT2D eigenvalue weighted by Crippen LogP contribution is -1.94. The van der Waals surface area contributed by atoms with E-state index in [1.165, 1.54) is 53.2 Å². The molecule has 0 spiro atoms. The zero-order valence-corrected chi connectivity index (χ0v) is 15.8. The van der Waals surface area contributed by atoms with Gasteiger partial charge in [0.25, 0.3) is 0 Å². The normalized spacial score (nSPS) is 11.9. The van der Waals surface area contributed by atoms with Gasteiger partial charge in [0.15, 0.2) is 0 Å². The molecule has 0 N–H and O–H groups in total. The van der Waals surface area contributed by atoms with E-state index in [0.29, 0.717) is 0 Å². The molecule has 0 bridgehead atoms. The van der Waals surface area contributed by atoms with E-state index in [9.17, 15) is 0 Å². The lowest BCUT2D eigenvalue weighted by molar-refractivity contribution is 1.18. The average Bonchev–Trinajstić information content (AvgIpc) is 3.24. The molecule has 0 aliphatic carbocycles. The predicted octanol–water partition coefficient (Wildman–Crippen LogP) is 7.46. The van der Waals surface area contributed by atoms with Gasteiger partial charge in [-0.3, -0.25) is 0 Å². The van der Waals surface area contributed by atoms with Crippen molar-refractivity contribution in [3.05, 3.63) is 90.5 Å². The number of benzene rings is 4. The van der Waals surface area contributed by atoms with Crippen molar-refractivity contribution in [1.82, 2.24) is 4.57 Å². The van der Waals surface area contributed by atoms with Crippen LogP contribution in [-0.2, 0) is 0 Å². The molecule has 0 atom stereocenters. The fourth-order valence-corrected chi connectivity index (χ4v) is 5.46. The van der Waals surface area contributed by atoms with Gasteiger partial charge in [-0.15, -0.1) is 11.3 Å². The third-order valence-electron chi connectivity index (χ3n) is 5.49. The number of aryl methyl sites for hydroxylation is 1. The van der Waals surface area contributed by atoms with Crippen molar-refractivity contribution in [2.75, 3.05) is 0 Å². The van der Waals surface area contributed by atoms with E-state index in [2.05, 4.69) is 96.4 Å². The summed E-state index contributed by atoms with van der Waals surface area (Å²) in [5.74, 6) is 0. The second-order valence-electron chi connectivity index (χ2n) is 7.11. The van der Waals surface area contributed by atoms with Crippen LogP contribution in [0.3, 0.4) is 0 Å². The Bertz CT molecular complexity index is 1430. The fourth-order valence-electron chi connectivity index (χ4n) is 4.31. The first kappa shape index (κ1) is 15.0. The zero-order valence-electron chi connectivity index (χ0n) is 14.9. The fraction of sp³-hybridized carbons (Fsp3) is 0.0400. The number of nitrogens with zero attached hydrogens (tertiary/aromatic N) is 1. The molecular weight excluding hydrogens is 346 g/mol. The van der Waals surface area contributed by atoms with Crippen LogP contribution >= 0.6 is 11.3 Å². The number of rotatable bonds is 1.